The summed E-state index contributed by atoms with van der Waals surface area (Å²) in [7, 11) is 0. The van der Waals surface area contributed by atoms with E-state index in [0.29, 0.717) is 17.7 Å². The van der Waals surface area contributed by atoms with Crippen molar-refractivity contribution in [3.63, 3.8) is 0 Å². The molecule has 0 unspecified atom stereocenters. The summed E-state index contributed by atoms with van der Waals surface area (Å²) >= 11 is 0. The van der Waals surface area contributed by atoms with Crippen molar-refractivity contribution in [2.45, 2.75) is 20.0 Å². The highest BCUT2D eigenvalue weighted by atomic mass is 19.1. The van der Waals surface area contributed by atoms with Crippen LogP contribution in [0.3, 0.4) is 0 Å². The van der Waals surface area contributed by atoms with Crippen molar-refractivity contribution in [2.24, 2.45) is 0 Å². The van der Waals surface area contributed by atoms with E-state index in [1.54, 1.807) is 36.4 Å². The Labute approximate surface area is 163 Å². The molecule has 2 amide bonds. The molecule has 4 nitrogen and oxygen atoms in total. The summed E-state index contributed by atoms with van der Waals surface area (Å²) in [6, 6.07) is 20.4. The molecular weight excluding hydrogens is 355 g/mol. The van der Waals surface area contributed by atoms with Crippen molar-refractivity contribution in [2.75, 3.05) is 0 Å². The molecule has 142 valence electrons. The highest BCUT2D eigenvalue weighted by Crippen LogP contribution is 2.08. The van der Waals surface area contributed by atoms with Crippen molar-refractivity contribution >= 4 is 11.8 Å². The second-order valence-corrected chi connectivity index (χ2v) is 6.56. The largest absolute Gasteiger partial charge is 0.348 e. The number of benzene rings is 3. The van der Waals surface area contributed by atoms with Crippen molar-refractivity contribution in [3.8, 4) is 0 Å². The average Bonchev–Trinajstić information content (AvgIpc) is 2.71. The topological polar surface area (TPSA) is 58.2 Å². The maximum absolute atomic E-state index is 12.9. The lowest BCUT2D eigenvalue weighted by molar-refractivity contribution is 0.0950. The lowest BCUT2D eigenvalue weighted by Gasteiger charge is -2.09. The Hall–Kier alpha value is -3.47. The number of hydrogen-bond donors (Lipinski definition) is 2. The predicted molar refractivity (Wildman–Crippen MR) is 106 cm³/mol. The van der Waals surface area contributed by atoms with Gasteiger partial charge in [-0.25, -0.2) is 4.39 Å². The summed E-state index contributed by atoms with van der Waals surface area (Å²) in [4.78, 5) is 24.8. The molecule has 0 bridgehead atoms. The van der Waals surface area contributed by atoms with Gasteiger partial charge in [0.2, 0.25) is 0 Å². The molecule has 0 atom stereocenters. The van der Waals surface area contributed by atoms with Gasteiger partial charge in [-0.2, -0.15) is 0 Å². The average molecular weight is 376 g/mol. The van der Waals surface area contributed by atoms with E-state index >= 15 is 0 Å². The Morgan fingerprint density at radius 2 is 1.32 bits per heavy atom. The molecule has 28 heavy (non-hydrogen) atoms. The highest BCUT2D eigenvalue weighted by Gasteiger charge is 2.10. The van der Waals surface area contributed by atoms with Gasteiger partial charge in [0.1, 0.15) is 5.82 Å². The number of carbonyl (C=O) groups is 2. The molecule has 5 heteroatoms. The summed E-state index contributed by atoms with van der Waals surface area (Å²) in [5.74, 6) is -0.855. The molecule has 0 fully saturated rings. The first kappa shape index (κ1) is 19.3. The van der Waals surface area contributed by atoms with Crippen LogP contribution >= 0.6 is 0 Å². The van der Waals surface area contributed by atoms with Crippen molar-refractivity contribution in [3.05, 3.63) is 106 Å². The van der Waals surface area contributed by atoms with Gasteiger partial charge in [0, 0.05) is 24.2 Å². The van der Waals surface area contributed by atoms with Gasteiger partial charge in [-0.15, -0.1) is 0 Å². The summed E-state index contributed by atoms with van der Waals surface area (Å²) in [5.41, 5.74) is 3.75. The summed E-state index contributed by atoms with van der Waals surface area (Å²) in [6.45, 7) is 2.70. The molecular formula is C23H21FN2O2. The summed E-state index contributed by atoms with van der Waals surface area (Å²) in [6.07, 6.45) is 0. The second-order valence-electron chi connectivity index (χ2n) is 6.56. The number of nitrogens with one attached hydrogen (secondary N) is 2. The van der Waals surface area contributed by atoms with E-state index in [1.165, 1.54) is 12.1 Å². The number of hydrogen-bond acceptors (Lipinski definition) is 2. The first-order valence-corrected chi connectivity index (χ1v) is 8.98. The number of rotatable bonds is 6. The summed E-state index contributed by atoms with van der Waals surface area (Å²) in [5, 5.41) is 5.64. The monoisotopic (exact) mass is 376 g/mol. The van der Waals surface area contributed by atoms with Gasteiger partial charge in [0.05, 0.1) is 0 Å². The van der Waals surface area contributed by atoms with Crippen LogP contribution in [0.5, 0.6) is 0 Å². The minimum absolute atomic E-state index is 0.241. The van der Waals surface area contributed by atoms with E-state index in [-0.39, 0.29) is 24.2 Å². The van der Waals surface area contributed by atoms with Crippen LogP contribution in [0.1, 0.15) is 37.4 Å². The Bertz CT molecular complexity index is 984. The van der Waals surface area contributed by atoms with E-state index in [9.17, 15) is 14.0 Å². The van der Waals surface area contributed by atoms with Crippen LogP contribution in [0.4, 0.5) is 4.39 Å². The minimum atomic E-state index is -0.320. The third-order valence-electron chi connectivity index (χ3n) is 4.29. The van der Waals surface area contributed by atoms with E-state index in [1.807, 2.05) is 31.2 Å². The Morgan fingerprint density at radius 1 is 0.750 bits per heavy atom. The summed E-state index contributed by atoms with van der Waals surface area (Å²) < 4.78 is 12.9. The fourth-order valence-corrected chi connectivity index (χ4v) is 2.79. The molecule has 0 aromatic heterocycles. The van der Waals surface area contributed by atoms with Gasteiger partial charge in [-0.3, -0.25) is 9.59 Å². The Kier molecular flexibility index (Phi) is 6.17. The molecule has 0 heterocycles. The zero-order valence-corrected chi connectivity index (χ0v) is 15.5. The van der Waals surface area contributed by atoms with E-state index in [0.717, 1.165) is 16.7 Å². The maximum atomic E-state index is 12.9. The zero-order chi connectivity index (χ0) is 19.9. The first-order chi connectivity index (χ1) is 13.5. The Balaban J connectivity index is 1.59. The van der Waals surface area contributed by atoms with E-state index in [2.05, 4.69) is 10.6 Å². The van der Waals surface area contributed by atoms with E-state index < -0.39 is 0 Å². The SMILES string of the molecule is Cc1cccc(CNC(=O)c2cccc(C(=O)NCc3ccc(F)cc3)c2)c1. The molecule has 0 spiro atoms. The molecule has 0 saturated carbocycles. The molecule has 0 aliphatic carbocycles. The van der Waals surface area contributed by atoms with Gasteiger partial charge in [-0.05, 0) is 48.4 Å². The van der Waals surface area contributed by atoms with Gasteiger partial charge in [0.25, 0.3) is 11.8 Å². The third kappa shape index (κ3) is 5.27. The zero-order valence-electron chi connectivity index (χ0n) is 15.5. The molecule has 0 radical (unpaired) electrons. The van der Waals surface area contributed by atoms with Crippen molar-refractivity contribution < 1.29 is 14.0 Å². The molecule has 3 aromatic rings. The quantitative estimate of drug-likeness (QED) is 0.683. The number of carbonyl (C=O) groups excluding carboxylic acids is 2. The van der Waals surface area contributed by atoms with Crippen LogP contribution < -0.4 is 10.6 Å². The minimum Gasteiger partial charge on any atom is -0.348 e. The standard InChI is InChI=1S/C23H21FN2O2/c1-16-4-2-5-18(12-16)15-26-23(28)20-7-3-6-19(13-20)22(27)25-14-17-8-10-21(24)11-9-17/h2-13H,14-15H2,1H3,(H,25,27)(H,26,28). The van der Waals surface area contributed by atoms with Crippen LogP contribution in [0.15, 0.2) is 72.8 Å². The molecule has 0 aliphatic rings. The molecule has 3 aromatic carbocycles. The smallest absolute Gasteiger partial charge is 0.251 e. The van der Waals surface area contributed by atoms with Gasteiger partial charge in [0.15, 0.2) is 0 Å². The van der Waals surface area contributed by atoms with Crippen molar-refractivity contribution in [1.82, 2.24) is 10.6 Å². The first-order valence-electron chi connectivity index (χ1n) is 8.98. The van der Waals surface area contributed by atoms with Crippen LogP contribution in [0.25, 0.3) is 0 Å². The van der Waals surface area contributed by atoms with E-state index in [4.69, 9.17) is 0 Å². The van der Waals surface area contributed by atoms with Gasteiger partial charge >= 0.3 is 0 Å². The lowest BCUT2D eigenvalue weighted by atomic mass is 10.1. The number of amides is 2. The van der Waals surface area contributed by atoms with Gasteiger partial charge in [-0.1, -0.05) is 48.0 Å². The molecule has 0 saturated heterocycles. The van der Waals surface area contributed by atoms with Crippen LogP contribution in [0, 0.1) is 12.7 Å². The molecule has 3 rings (SSSR count). The van der Waals surface area contributed by atoms with Crippen LogP contribution in [0.2, 0.25) is 0 Å². The number of halogens is 1. The highest BCUT2D eigenvalue weighted by molar-refractivity contribution is 5.99. The molecule has 2 N–H and O–H groups in total. The number of aryl methyl sites for hydroxylation is 1. The molecule has 0 aliphatic heterocycles. The van der Waals surface area contributed by atoms with Crippen molar-refractivity contribution in [1.29, 1.82) is 0 Å². The van der Waals surface area contributed by atoms with Crippen LogP contribution in [-0.4, -0.2) is 11.8 Å². The second kappa shape index (κ2) is 8.95. The fraction of sp³-hybridized carbons (Fsp3) is 0.130. The lowest BCUT2D eigenvalue weighted by Crippen LogP contribution is -2.25. The predicted octanol–water partition coefficient (Wildman–Crippen LogP) is 3.99. The normalized spacial score (nSPS) is 10.4. The van der Waals surface area contributed by atoms with Gasteiger partial charge < -0.3 is 10.6 Å². The maximum Gasteiger partial charge on any atom is 0.251 e. The fourth-order valence-electron chi connectivity index (χ4n) is 2.79. The third-order valence-corrected chi connectivity index (χ3v) is 4.29. The Morgan fingerprint density at radius 3 is 1.93 bits per heavy atom. The van der Waals surface area contributed by atoms with Crippen LogP contribution in [-0.2, 0) is 13.1 Å².